The zero-order valence-electron chi connectivity index (χ0n) is 9.78. The minimum atomic E-state index is -2.98. The van der Waals surface area contributed by atoms with Gasteiger partial charge in [0.1, 0.15) is 9.84 Å². The largest absolute Gasteiger partial charge is 0.372 e. The lowest BCUT2D eigenvalue weighted by atomic mass is 10.2. The third-order valence-corrected chi connectivity index (χ3v) is 3.91. The molecule has 0 amide bonds. The quantitative estimate of drug-likeness (QED) is 0.784. The number of sulfone groups is 1. The Morgan fingerprint density at radius 3 is 2.53 bits per heavy atom. The lowest BCUT2D eigenvalue weighted by Gasteiger charge is -2.22. The molecule has 0 N–H and O–H groups in total. The van der Waals surface area contributed by atoms with Gasteiger partial charge in [-0.25, -0.2) is 8.42 Å². The second-order valence-electron chi connectivity index (χ2n) is 3.93. The van der Waals surface area contributed by atoms with Crippen LogP contribution in [0.25, 0.3) is 0 Å². The maximum atomic E-state index is 11.1. The van der Waals surface area contributed by atoms with Gasteiger partial charge in [0.2, 0.25) is 0 Å². The first kappa shape index (κ1) is 14.6. The van der Waals surface area contributed by atoms with Gasteiger partial charge < -0.3 is 4.90 Å². The average molecular weight is 296 g/mol. The number of halogens is 2. The molecule has 0 aliphatic carbocycles. The molecule has 1 aromatic carbocycles. The third-order valence-electron chi connectivity index (χ3n) is 2.39. The highest BCUT2D eigenvalue weighted by molar-refractivity contribution is 7.90. The summed E-state index contributed by atoms with van der Waals surface area (Å²) >= 11 is 11.9. The Morgan fingerprint density at radius 2 is 2.00 bits per heavy atom. The Bertz CT molecular complexity index is 488. The molecular weight excluding hydrogens is 281 g/mol. The summed E-state index contributed by atoms with van der Waals surface area (Å²) < 4.78 is 22.2. The van der Waals surface area contributed by atoms with E-state index in [1.165, 1.54) is 6.26 Å². The molecule has 0 heterocycles. The molecule has 0 spiro atoms. The first-order chi connectivity index (χ1) is 7.85. The van der Waals surface area contributed by atoms with Gasteiger partial charge in [0.15, 0.2) is 0 Å². The number of alkyl halides is 1. The van der Waals surface area contributed by atoms with E-state index in [1.54, 1.807) is 6.07 Å². The molecular formula is C11H15Cl2NO2S. The molecule has 0 bridgehead atoms. The van der Waals surface area contributed by atoms with Crippen LogP contribution < -0.4 is 4.90 Å². The van der Waals surface area contributed by atoms with Gasteiger partial charge in [-0.2, -0.15) is 0 Å². The predicted molar refractivity (Wildman–Crippen MR) is 74.0 cm³/mol. The molecule has 3 nitrogen and oxygen atoms in total. The van der Waals surface area contributed by atoms with Gasteiger partial charge in [0, 0.05) is 25.7 Å². The summed E-state index contributed by atoms with van der Waals surface area (Å²) in [7, 11) is -1.17. The molecule has 0 aliphatic heterocycles. The monoisotopic (exact) mass is 295 g/mol. The van der Waals surface area contributed by atoms with Crippen LogP contribution in [-0.4, -0.2) is 34.0 Å². The summed E-state index contributed by atoms with van der Waals surface area (Å²) in [6.45, 7) is 0.395. The number of hydrogen-bond donors (Lipinski definition) is 0. The van der Waals surface area contributed by atoms with E-state index in [0.717, 1.165) is 11.3 Å². The van der Waals surface area contributed by atoms with Gasteiger partial charge in [-0.3, -0.25) is 0 Å². The molecule has 1 aromatic rings. The zero-order chi connectivity index (χ0) is 13.1. The van der Waals surface area contributed by atoms with Crippen LogP contribution in [0.15, 0.2) is 18.2 Å². The van der Waals surface area contributed by atoms with E-state index in [-0.39, 0.29) is 5.75 Å². The van der Waals surface area contributed by atoms with Crippen molar-refractivity contribution in [3.8, 4) is 0 Å². The lowest BCUT2D eigenvalue weighted by molar-refractivity contribution is 0.601. The molecule has 0 saturated heterocycles. The van der Waals surface area contributed by atoms with Crippen LogP contribution in [0.1, 0.15) is 5.56 Å². The minimum Gasteiger partial charge on any atom is -0.372 e. The molecule has 96 valence electrons. The van der Waals surface area contributed by atoms with Crippen molar-refractivity contribution in [3.63, 3.8) is 0 Å². The molecule has 0 aliphatic rings. The number of rotatable bonds is 5. The summed E-state index contributed by atoms with van der Waals surface area (Å²) in [5, 5.41) is 0.583. The average Bonchev–Trinajstić information content (AvgIpc) is 2.24. The molecule has 0 saturated carbocycles. The molecule has 0 fully saturated rings. The maximum absolute atomic E-state index is 11.1. The van der Waals surface area contributed by atoms with E-state index in [4.69, 9.17) is 23.2 Å². The fourth-order valence-corrected chi connectivity index (χ4v) is 2.67. The smallest absolute Gasteiger partial charge is 0.149 e. The van der Waals surface area contributed by atoms with E-state index in [2.05, 4.69) is 0 Å². The number of hydrogen-bond acceptors (Lipinski definition) is 3. The molecule has 0 radical (unpaired) electrons. The van der Waals surface area contributed by atoms with Crippen LogP contribution in [0.4, 0.5) is 5.69 Å². The second-order valence-corrected chi connectivity index (χ2v) is 6.87. The highest BCUT2D eigenvalue weighted by Crippen LogP contribution is 2.30. The molecule has 17 heavy (non-hydrogen) atoms. The Balaban J connectivity index is 2.92. The van der Waals surface area contributed by atoms with Crippen LogP contribution >= 0.6 is 23.2 Å². The van der Waals surface area contributed by atoms with E-state index in [0.29, 0.717) is 17.4 Å². The fourth-order valence-electron chi connectivity index (χ4n) is 1.51. The van der Waals surface area contributed by atoms with Crippen LogP contribution in [0.5, 0.6) is 0 Å². The van der Waals surface area contributed by atoms with Crippen molar-refractivity contribution < 1.29 is 8.42 Å². The Morgan fingerprint density at radius 1 is 1.35 bits per heavy atom. The van der Waals surface area contributed by atoms with E-state index < -0.39 is 9.84 Å². The van der Waals surface area contributed by atoms with Crippen molar-refractivity contribution in [2.24, 2.45) is 0 Å². The van der Waals surface area contributed by atoms with Crippen molar-refractivity contribution in [1.29, 1.82) is 0 Å². The first-order valence-corrected chi connectivity index (χ1v) is 8.04. The SMILES string of the molecule is CN(CCS(C)(=O)=O)c1c(Cl)cccc1CCl. The van der Waals surface area contributed by atoms with Crippen LogP contribution in [0.2, 0.25) is 5.02 Å². The van der Waals surface area contributed by atoms with Gasteiger partial charge in [-0.15, -0.1) is 11.6 Å². The number of nitrogens with zero attached hydrogens (tertiary/aromatic N) is 1. The Labute approximate surface area is 112 Å². The summed E-state index contributed by atoms with van der Waals surface area (Å²) in [6, 6.07) is 5.48. The summed E-state index contributed by atoms with van der Waals surface area (Å²) in [5.41, 5.74) is 1.70. The van der Waals surface area contributed by atoms with Crippen molar-refractivity contribution in [1.82, 2.24) is 0 Å². The number of anilines is 1. The highest BCUT2D eigenvalue weighted by atomic mass is 35.5. The van der Waals surface area contributed by atoms with Gasteiger partial charge in [0.25, 0.3) is 0 Å². The standard InChI is InChI=1S/C11H15Cl2NO2S/c1-14(6-7-17(2,15)16)11-9(8-12)4-3-5-10(11)13/h3-5H,6-8H2,1-2H3. The normalized spacial score (nSPS) is 11.5. The number of benzene rings is 1. The van der Waals surface area contributed by atoms with Crippen LogP contribution in [0, 0.1) is 0 Å². The van der Waals surface area contributed by atoms with E-state index >= 15 is 0 Å². The van der Waals surface area contributed by atoms with Gasteiger partial charge in [-0.05, 0) is 11.6 Å². The summed E-state index contributed by atoms with van der Waals surface area (Å²) in [5.74, 6) is 0.440. The molecule has 6 heteroatoms. The Kier molecular flexibility index (Phi) is 5.10. The van der Waals surface area contributed by atoms with Gasteiger partial charge in [0.05, 0.1) is 16.5 Å². The Hall–Kier alpha value is -0.450. The van der Waals surface area contributed by atoms with Crippen molar-refractivity contribution in [2.75, 3.05) is 30.5 Å². The fraction of sp³-hybridized carbons (Fsp3) is 0.455. The summed E-state index contributed by atoms with van der Waals surface area (Å²) in [6.07, 6.45) is 1.22. The van der Waals surface area contributed by atoms with Crippen molar-refractivity contribution in [3.05, 3.63) is 28.8 Å². The van der Waals surface area contributed by atoms with Gasteiger partial charge in [-0.1, -0.05) is 23.7 Å². The maximum Gasteiger partial charge on any atom is 0.149 e. The van der Waals surface area contributed by atoms with Crippen molar-refractivity contribution in [2.45, 2.75) is 5.88 Å². The second kappa shape index (κ2) is 5.94. The van der Waals surface area contributed by atoms with Gasteiger partial charge >= 0.3 is 0 Å². The van der Waals surface area contributed by atoms with Crippen molar-refractivity contribution >= 4 is 38.7 Å². The predicted octanol–water partition coefficient (Wildman–Crippen LogP) is 2.56. The minimum absolute atomic E-state index is 0.0937. The summed E-state index contributed by atoms with van der Waals surface area (Å²) in [4.78, 5) is 1.82. The molecule has 0 atom stereocenters. The molecule has 1 rings (SSSR count). The molecule has 0 aromatic heterocycles. The zero-order valence-corrected chi connectivity index (χ0v) is 12.1. The highest BCUT2D eigenvalue weighted by Gasteiger charge is 2.12. The lowest BCUT2D eigenvalue weighted by Crippen LogP contribution is -2.26. The number of para-hydroxylation sites is 1. The van der Waals surface area contributed by atoms with E-state index in [1.807, 2.05) is 24.1 Å². The van der Waals surface area contributed by atoms with E-state index in [9.17, 15) is 8.42 Å². The first-order valence-electron chi connectivity index (χ1n) is 5.07. The molecule has 0 unspecified atom stereocenters. The topological polar surface area (TPSA) is 37.4 Å². The van der Waals surface area contributed by atoms with Crippen LogP contribution in [-0.2, 0) is 15.7 Å². The van der Waals surface area contributed by atoms with Crippen LogP contribution in [0.3, 0.4) is 0 Å². The third kappa shape index (κ3) is 4.37.